The van der Waals surface area contributed by atoms with Crippen molar-refractivity contribution in [2.24, 2.45) is 0 Å². The lowest BCUT2D eigenvalue weighted by atomic mass is 10.0. The van der Waals surface area contributed by atoms with Crippen LogP contribution in [0.2, 0.25) is 0 Å². The fourth-order valence-corrected chi connectivity index (χ4v) is 5.43. The monoisotopic (exact) mass is 471 g/mol. The van der Waals surface area contributed by atoms with Crippen LogP contribution in [0.25, 0.3) is 4.96 Å². The first-order chi connectivity index (χ1) is 15.9. The lowest BCUT2D eigenvalue weighted by molar-refractivity contribution is 0.210. The third-order valence-corrected chi connectivity index (χ3v) is 7.00. The molecule has 0 saturated carbocycles. The van der Waals surface area contributed by atoms with Crippen LogP contribution in [0.4, 0.5) is 14.5 Å². The largest absolute Gasteiger partial charge is 0.497 e. The van der Waals surface area contributed by atoms with E-state index in [9.17, 15) is 13.9 Å². The van der Waals surface area contributed by atoms with Gasteiger partial charge in [0, 0.05) is 31.9 Å². The summed E-state index contributed by atoms with van der Waals surface area (Å²) in [6, 6.07) is 11.4. The average molecular weight is 472 g/mol. The van der Waals surface area contributed by atoms with Gasteiger partial charge in [-0.1, -0.05) is 17.4 Å². The van der Waals surface area contributed by atoms with Gasteiger partial charge in [-0.3, -0.25) is 4.90 Å². The molecule has 0 aliphatic carbocycles. The Kier molecular flexibility index (Phi) is 5.63. The number of aromatic hydroxyl groups is 1. The zero-order valence-electron chi connectivity index (χ0n) is 18.2. The van der Waals surface area contributed by atoms with Gasteiger partial charge in [0.25, 0.3) is 0 Å². The van der Waals surface area contributed by atoms with E-state index in [1.807, 2.05) is 24.3 Å². The molecular formula is C23H23F2N5O2S. The third kappa shape index (κ3) is 4.00. The van der Waals surface area contributed by atoms with Gasteiger partial charge < -0.3 is 14.7 Å². The van der Waals surface area contributed by atoms with Crippen LogP contribution in [0, 0.1) is 18.6 Å². The van der Waals surface area contributed by atoms with Crippen molar-refractivity contribution in [1.82, 2.24) is 19.5 Å². The molecule has 1 fully saturated rings. The molecule has 1 aliphatic heterocycles. The molecule has 0 radical (unpaired) electrons. The Morgan fingerprint density at radius 1 is 1.03 bits per heavy atom. The summed E-state index contributed by atoms with van der Waals surface area (Å²) in [4.78, 5) is 9.96. The standard InChI is InChI=1S/C23H23F2N5O2S/c1-14-26-23-30(27-14)22(31)21(33-23)20(15-3-8-18(24)19(25)13-15)29-11-9-28(10-12-29)16-4-6-17(32-2)7-5-16/h3-8,13,20,31H,9-12H2,1-2H3. The molecular weight excluding hydrogens is 448 g/mol. The van der Waals surface area contributed by atoms with Crippen LogP contribution in [0.15, 0.2) is 42.5 Å². The van der Waals surface area contributed by atoms with Crippen LogP contribution in [0.3, 0.4) is 0 Å². The Bertz CT molecular complexity index is 1280. The van der Waals surface area contributed by atoms with E-state index >= 15 is 0 Å². The third-order valence-electron chi connectivity index (χ3n) is 5.93. The average Bonchev–Trinajstić information content (AvgIpc) is 3.34. The Morgan fingerprint density at radius 3 is 2.39 bits per heavy atom. The molecule has 5 rings (SSSR count). The number of anilines is 1. The van der Waals surface area contributed by atoms with Crippen molar-refractivity contribution < 1.29 is 18.6 Å². The van der Waals surface area contributed by atoms with Crippen LogP contribution in [0.5, 0.6) is 11.6 Å². The number of thiazole rings is 1. The maximum atomic E-state index is 14.2. The van der Waals surface area contributed by atoms with E-state index < -0.39 is 17.7 Å². The van der Waals surface area contributed by atoms with Crippen LogP contribution < -0.4 is 9.64 Å². The van der Waals surface area contributed by atoms with E-state index in [4.69, 9.17) is 4.74 Å². The van der Waals surface area contributed by atoms with E-state index in [0.717, 1.165) is 30.6 Å². The molecule has 1 atom stereocenters. The van der Waals surface area contributed by atoms with Crippen LogP contribution in [-0.4, -0.2) is 57.9 Å². The van der Waals surface area contributed by atoms with Gasteiger partial charge in [0.15, 0.2) is 11.6 Å². The number of fused-ring (bicyclic) bond motifs is 1. The van der Waals surface area contributed by atoms with Crippen LogP contribution in [-0.2, 0) is 0 Å². The number of halogens is 2. The fourth-order valence-electron chi connectivity index (χ4n) is 4.27. The number of hydrogen-bond acceptors (Lipinski definition) is 7. The van der Waals surface area contributed by atoms with E-state index in [0.29, 0.717) is 34.3 Å². The van der Waals surface area contributed by atoms with E-state index in [-0.39, 0.29) is 5.88 Å². The van der Waals surface area contributed by atoms with Gasteiger partial charge in [-0.15, -0.1) is 5.10 Å². The van der Waals surface area contributed by atoms with Crippen molar-refractivity contribution in [3.8, 4) is 11.6 Å². The van der Waals surface area contributed by atoms with Gasteiger partial charge in [0.2, 0.25) is 10.8 Å². The number of ether oxygens (including phenoxy) is 1. The molecule has 0 spiro atoms. The Labute approximate surface area is 193 Å². The van der Waals surface area contributed by atoms with Crippen molar-refractivity contribution in [3.05, 3.63) is 70.4 Å². The predicted molar refractivity (Wildman–Crippen MR) is 122 cm³/mol. The number of aromatic nitrogens is 3. The number of hydrogen-bond donors (Lipinski definition) is 1. The predicted octanol–water partition coefficient (Wildman–Crippen LogP) is 4.00. The van der Waals surface area contributed by atoms with E-state index in [1.165, 1.54) is 21.9 Å². The summed E-state index contributed by atoms with van der Waals surface area (Å²) in [5, 5.41) is 15.2. The number of piperazine rings is 1. The molecule has 0 amide bonds. The lowest BCUT2D eigenvalue weighted by Gasteiger charge is -2.40. The molecule has 2 aromatic carbocycles. The van der Waals surface area contributed by atoms with Crippen molar-refractivity contribution in [2.75, 3.05) is 38.2 Å². The summed E-state index contributed by atoms with van der Waals surface area (Å²) in [5.41, 5.74) is 1.67. The molecule has 10 heteroatoms. The Hall–Kier alpha value is -3.24. The van der Waals surface area contributed by atoms with Gasteiger partial charge in [0.05, 0.1) is 18.0 Å². The lowest BCUT2D eigenvalue weighted by Crippen LogP contribution is -2.47. The molecule has 7 nitrogen and oxygen atoms in total. The molecule has 4 aromatic rings. The Morgan fingerprint density at radius 2 is 1.76 bits per heavy atom. The second kappa shape index (κ2) is 8.60. The molecule has 0 bridgehead atoms. The number of rotatable bonds is 5. The highest BCUT2D eigenvalue weighted by molar-refractivity contribution is 7.17. The van der Waals surface area contributed by atoms with Crippen molar-refractivity contribution in [3.63, 3.8) is 0 Å². The minimum atomic E-state index is -0.913. The van der Waals surface area contributed by atoms with Crippen molar-refractivity contribution >= 4 is 22.0 Å². The first-order valence-corrected chi connectivity index (χ1v) is 11.4. The first-order valence-electron chi connectivity index (χ1n) is 10.6. The molecule has 3 heterocycles. The Balaban J connectivity index is 1.46. The SMILES string of the molecule is COc1ccc(N2CCN(C(c3ccc(F)c(F)c3)c3sc4nc(C)nn4c3O)CC2)cc1. The number of methoxy groups -OCH3 is 1. The van der Waals surface area contributed by atoms with Gasteiger partial charge in [-0.2, -0.15) is 4.52 Å². The van der Waals surface area contributed by atoms with E-state index in [1.54, 1.807) is 20.1 Å². The summed E-state index contributed by atoms with van der Waals surface area (Å²) < 4.78 is 34.5. The zero-order valence-corrected chi connectivity index (χ0v) is 19.0. The quantitative estimate of drug-likeness (QED) is 0.475. The highest BCUT2D eigenvalue weighted by Gasteiger charge is 2.32. The van der Waals surface area contributed by atoms with Gasteiger partial charge >= 0.3 is 0 Å². The van der Waals surface area contributed by atoms with Gasteiger partial charge in [-0.05, 0) is 48.9 Å². The molecule has 1 saturated heterocycles. The molecule has 1 unspecified atom stereocenters. The van der Waals surface area contributed by atoms with Crippen molar-refractivity contribution in [2.45, 2.75) is 13.0 Å². The maximum Gasteiger partial charge on any atom is 0.230 e. The van der Waals surface area contributed by atoms with E-state index in [2.05, 4.69) is 19.9 Å². The smallest absolute Gasteiger partial charge is 0.230 e. The second-order valence-electron chi connectivity index (χ2n) is 7.94. The normalized spacial score (nSPS) is 15.8. The summed E-state index contributed by atoms with van der Waals surface area (Å²) in [6.45, 7) is 4.58. The molecule has 2 aromatic heterocycles. The molecule has 1 aliphatic rings. The highest BCUT2D eigenvalue weighted by Crippen LogP contribution is 2.40. The zero-order chi connectivity index (χ0) is 23.1. The number of nitrogens with zero attached hydrogens (tertiary/aromatic N) is 5. The van der Waals surface area contributed by atoms with Crippen LogP contribution >= 0.6 is 11.3 Å². The van der Waals surface area contributed by atoms with Gasteiger partial charge in [0.1, 0.15) is 11.6 Å². The summed E-state index contributed by atoms with van der Waals surface area (Å²) in [6.07, 6.45) is 0. The topological polar surface area (TPSA) is 66.1 Å². The summed E-state index contributed by atoms with van der Waals surface area (Å²) in [7, 11) is 1.64. The van der Waals surface area contributed by atoms with Crippen LogP contribution in [0.1, 0.15) is 22.3 Å². The second-order valence-corrected chi connectivity index (χ2v) is 8.95. The molecule has 172 valence electrons. The minimum Gasteiger partial charge on any atom is -0.497 e. The minimum absolute atomic E-state index is 0.0251. The fraction of sp³-hybridized carbons (Fsp3) is 0.304. The van der Waals surface area contributed by atoms with Gasteiger partial charge in [-0.25, -0.2) is 13.8 Å². The summed E-state index contributed by atoms with van der Waals surface area (Å²) in [5.74, 6) is -0.477. The molecule has 1 N–H and O–H groups in total. The summed E-state index contributed by atoms with van der Waals surface area (Å²) >= 11 is 1.31. The highest BCUT2D eigenvalue weighted by atomic mass is 32.1. The number of aryl methyl sites for hydroxylation is 1. The maximum absolute atomic E-state index is 14.2. The first kappa shape index (κ1) is 21.6. The van der Waals surface area contributed by atoms with Crippen molar-refractivity contribution in [1.29, 1.82) is 0 Å². The number of benzene rings is 2. The molecule has 33 heavy (non-hydrogen) atoms.